The van der Waals surface area contributed by atoms with E-state index in [0.717, 1.165) is 17.0 Å². The van der Waals surface area contributed by atoms with Crippen molar-refractivity contribution in [3.05, 3.63) is 32.7 Å². The van der Waals surface area contributed by atoms with Crippen LogP contribution in [0.1, 0.15) is 17.0 Å². The minimum Gasteiger partial charge on any atom is -0.267 e. The first-order valence-corrected chi connectivity index (χ1v) is 6.51. The molecule has 0 atom stereocenters. The number of aromatic nitrogens is 3. The van der Waals surface area contributed by atoms with E-state index in [0.29, 0.717) is 16.5 Å². The fraction of sp³-hybridized carbons (Fsp3) is 0.364. The molecule has 0 amide bonds. The van der Waals surface area contributed by atoms with Crippen LogP contribution in [-0.4, -0.2) is 14.8 Å². The van der Waals surface area contributed by atoms with Gasteiger partial charge in [-0.2, -0.15) is 5.10 Å². The van der Waals surface area contributed by atoms with Crippen LogP contribution in [-0.2, 0) is 12.9 Å². The lowest BCUT2D eigenvalue weighted by atomic mass is 10.1. The van der Waals surface area contributed by atoms with Gasteiger partial charge in [0.15, 0.2) is 0 Å². The van der Waals surface area contributed by atoms with E-state index >= 15 is 0 Å². The first-order valence-electron chi connectivity index (χ1n) is 5.10. The summed E-state index contributed by atoms with van der Waals surface area (Å²) in [5.41, 5.74) is 3.01. The standard InChI is InChI=1S/C11H12ClN3OS/c1-6-7(2)14-15(3)11(16)9(6)10-13-8(4-12)5-17-10/h5H,4H2,1-3H3. The van der Waals surface area contributed by atoms with Gasteiger partial charge in [0, 0.05) is 12.4 Å². The van der Waals surface area contributed by atoms with Crippen LogP contribution < -0.4 is 5.56 Å². The third-order valence-electron chi connectivity index (χ3n) is 2.63. The summed E-state index contributed by atoms with van der Waals surface area (Å²) in [7, 11) is 1.65. The molecule has 0 radical (unpaired) electrons. The Morgan fingerprint density at radius 2 is 2.18 bits per heavy atom. The first kappa shape index (κ1) is 12.3. The summed E-state index contributed by atoms with van der Waals surface area (Å²) in [6, 6.07) is 0. The molecule has 0 unspecified atom stereocenters. The van der Waals surface area contributed by atoms with Gasteiger partial charge in [-0.1, -0.05) is 0 Å². The van der Waals surface area contributed by atoms with Crippen LogP contribution in [0, 0.1) is 13.8 Å². The van der Waals surface area contributed by atoms with Crippen LogP contribution in [0.4, 0.5) is 0 Å². The maximum absolute atomic E-state index is 12.1. The number of hydrogen-bond donors (Lipinski definition) is 0. The first-order chi connectivity index (χ1) is 8.04. The second-order valence-corrected chi connectivity index (χ2v) is 4.92. The Bertz CT molecular complexity index is 618. The van der Waals surface area contributed by atoms with Crippen molar-refractivity contribution < 1.29 is 0 Å². The van der Waals surface area contributed by atoms with E-state index in [1.165, 1.54) is 16.0 Å². The highest BCUT2D eigenvalue weighted by atomic mass is 35.5. The summed E-state index contributed by atoms with van der Waals surface area (Å²) in [6.45, 7) is 3.77. The van der Waals surface area contributed by atoms with Gasteiger partial charge in [-0.05, 0) is 19.4 Å². The van der Waals surface area contributed by atoms with Crippen LogP contribution in [0.5, 0.6) is 0 Å². The van der Waals surface area contributed by atoms with Gasteiger partial charge in [-0.3, -0.25) is 4.79 Å². The fourth-order valence-electron chi connectivity index (χ4n) is 1.58. The number of alkyl halides is 1. The average Bonchev–Trinajstić information content (AvgIpc) is 2.75. The molecule has 0 aromatic carbocycles. The fourth-order valence-corrected chi connectivity index (χ4v) is 2.72. The maximum atomic E-state index is 12.1. The molecular formula is C11H12ClN3OS. The van der Waals surface area contributed by atoms with E-state index in [1.54, 1.807) is 7.05 Å². The lowest BCUT2D eigenvalue weighted by Crippen LogP contribution is -2.23. The third kappa shape index (κ3) is 2.12. The van der Waals surface area contributed by atoms with E-state index in [1.807, 2.05) is 19.2 Å². The molecule has 0 fully saturated rings. The zero-order valence-corrected chi connectivity index (χ0v) is 11.4. The molecule has 2 aromatic rings. The highest BCUT2D eigenvalue weighted by molar-refractivity contribution is 7.13. The van der Waals surface area contributed by atoms with Gasteiger partial charge in [0.05, 0.1) is 22.8 Å². The second-order valence-electron chi connectivity index (χ2n) is 3.79. The van der Waals surface area contributed by atoms with E-state index in [4.69, 9.17) is 11.6 Å². The second kappa shape index (κ2) is 4.58. The van der Waals surface area contributed by atoms with Crippen molar-refractivity contribution in [3.8, 4) is 10.6 Å². The van der Waals surface area contributed by atoms with Gasteiger partial charge in [0.25, 0.3) is 5.56 Å². The van der Waals surface area contributed by atoms with Crippen LogP contribution in [0.2, 0.25) is 0 Å². The van der Waals surface area contributed by atoms with Gasteiger partial charge < -0.3 is 0 Å². The summed E-state index contributed by atoms with van der Waals surface area (Å²) < 4.78 is 1.35. The number of aryl methyl sites for hydroxylation is 2. The Morgan fingerprint density at radius 3 is 2.76 bits per heavy atom. The number of hydrogen-bond acceptors (Lipinski definition) is 4. The molecule has 0 saturated heterocycles. The van der Waals surface area contributed by atoms with Gasteiger partial charge in [0.2, 0.25) is 0 Å². The molecule has 0 aliphatic heterocycles. The van der Waals surface area contributed by atoms with Crippen LogP contribution in [0.15, 0.2) is 10.2 Å². The van der Waals surface area contributed by atoms with Gasteiger partial charge in [0.1, 0.15) is 5.01 Å². The maximum Gasteiger partial charge on any atom is 0.277 e. The predicted octanol–water partition coefficient (Wildman–Crippen LogP) is 2.26. The Morgan fingerprint density at radius 1 is 1.47 bits per heavy atom. The predicted molar refractivity (Wildman–Crippen MR) is 69.6 cm³/mol. The molecule has 0 aliphatic rings. The molecule has 90 valence electrons. The van der Waals surface area contributed by atoms with Crippen LogP contribution in [0.3, 0.4) is 0 Å². The zero-order chi connectivity index (χ0) is 12.6. The molecule has 2 rings (SSSR count). The molecule has 0 aliphatic carbocycles. The topological polar surface area (TPSA) is 47.8 Å². The van der Waals surface area contributed by atoms with Crippen molar-refractivity contribution >= 4 is 22.9 Å². The lowest BCUT2D eigenvalue weighted by molar-refractivity contribution is 0.690. The van der Waals surface area contributed by atoms with Crippen LogP contribution in [0.25, 0.3) is 10.6 Å². The monoisotopic (exact) mass is 269 g/mol. The summed E-state index contributed by atoms with van der Waals surface area (Å²) in [4.78, 5) is 16.4. The van der Waals surface area contributed by atoms with E-state index in [2.05, 4.69) is 10.1 Å². The molecule has 2 heterocycles. The molecular weight excluding hydrogens is 258 g/mol. The van der Waals surface area contributed by atoms with Gasteiger partial charge in [-0.25, -0.2) is 9.67 Å². The SMILES string of the molecule is Cc1nn(C)c(=O)c(-c2nc(CCl)cs2)c1C. The Kier molecular flexibility index (Phi) is 3.31. The molecule has 0 saturated carbocycles. The van der Waals surface area contributed by atoms with E-state index in [9.17, 15) is 4.79 Å². The molecule has 0 bridgehead atoms. The highest BCUT2D eigenvalue weighted by Crippen LogP contribution is 2.25. The largest absolute Gasteiger partial charge is 0.277 e. The lowest BCUT2D eigenvalue weighted by Gasteiger charge is -2.07. The smallest absolute Gasteiger partial charge is 0.267 e. The normalized spacial score (nSPS) is 10.8. The number of halogens is 1. The summed E-state index contributed by atoms with van der Waals surface area (Å²) in [6.07, 6.45) is 0. The van der Waals surface area contributed by atoms with Crippen molar-refractivity contribution in [1.29, 1.82) is 0 Å². The minimum atomic E-state index is -0.122. The average molecular weight is 270 g/mol. The molecule has 17 heavy (non-hydrogen) atoms. The van der Waals surface area contributed by atoms with Gasteiger partial charge >= 0.3 is 0 Å². The summed E-state index contributed by atoms with van der Waals surface area (Å²) in [5, 5.41) is 6.73. The van der Waals surface area contributed by atoms with Crippen molar-refractivity contribution in [2.75, 3.05) is 0 Å². The Hall–Kier alpha value is -1.20. The third-order valence-corrected chi connectivity index (χ3v) is 3.81. The van der Waals surface area contributed by atoms with Crippen molar-refractivity contribution in [3.63, 3.8) is 0 Å². The number of nitrogens with zero attached hydrogens (tertiary/aromatic N) is 3. The van der Waals surface area contributed by atoms with E-state index < -0.39 is 0 Å². The van der Waals surface area contributed by atoms with Gasteiger partial charge in [-0.15, -0.1) is 22.9 Å². The van der Waals surface area contributed by atoms with Crippen molar-refractivity contribution in [2.24, 2.45) is 7.05 Å². The summed E-state index contributed by atoms with van der Waals surface area (Å²) in [5.74, 6) is 0.361. The molecule has 0 spiro atoms. The van der Waals surface area contributed by atoms with Crippen molar-refractivity contribution in [1.82, 2.24) is 14.8 Å². The molecule has 6 heteroatoms. The highest BCUT2D eigenvalue weighted by Gasteiger charge is 2.15. The quantitative estimate of drug-likeness (QED) is 0.786. The molecule has 2 aromatic heterocycles. The number of thiazole rings is 1. The van der Waals surface area contributed by atoms with Crippen molar-refractivity contribution in [2.45, 2.75) is 19.7 Å². The Labute approximate surface area is 108 Å². The van der Waals surface area contributed by atoms with E-state index in [-0.39, 0.29) is 5.56 Å². The summed E-state index contributed by atoms with van der Waals surface area (Å²) >= 11 is 7.15. The zero-order valence-electron chi connectivity index (χ0n) is 9.82. The Balaban J connectivity index is 2.70. The minimum absolute atomic E-state index is 0.122. The number of rotatable bonds is 2. The molecule has 4 nitrogen and oxygen atoms in total. The van der Waals surface area contributed by atoms with Crippen LogP contribution >= 0.6 is 22.9 Å². The molecule has 0 N–H and O–H groups in total.